The second-order valence-corrected chi connectivity index (χ2v) is 5.75. The highest BCUT2D eigenvalue weighted by Gasteiger charge is 2.29. The largest absolute Gasteiger partial charge is 0.314 e. The van der Waals surface area contributed by atoms with Crippen molar-refractivity contribution >= 4 is 23.2 Å². The average Bonchev–Trinajstić information content (AvgIpc) is 2.78. The zero-order chi connectivity index (χ0) is 13.1. The van der Waals surface area contributed by atoms with Gasteiger partial charge in [0.05, 0.1) is 16.1 Å². The molecule has 1 aliphatic heterocycles. The molecule has 1 aromatic rings. The fourth-order valence-corrected chi connectivity index (χ4v) is 2.63. The standard InChI is InChI=1S/C13H19Cl2N3/c1-8(2)16-6-9-7-17-18-13(9)10-4-3-5-11(14)12(10)15/h3-5,8-9,13,16-18H,6-7H2,1-2H3. The third kappa shape index (κ3) is 3.16. The van der Waals surface area contributed by atoms with Gasteiger partial charge in [-0.05, 0) is 11.6 Å². The van der Waals surface area contributed by atoms with E-state index in [1.54, 1.807) is 0 Å². The van der Waals surface area contributed by atoms with E-state index in [1.165, 1.54) is 0 Å². The highest BCUT2D eigenvalue weighted by Crippen LogP contribution is 2.34. The van der Waals surface area contributed by atoms with Gasteiger partial charge in [0, 0.05) is 25.0 Å². The van der Waals surface area contributed by atoms with Gasteiger partial charge in [-0.2, -0.15) is 0 Å². The van der Waals surface area contributed by atoms with Crippen LogP contribution in [-0.2, 0) is 0 Å². The number of hydrogen-bond donors (Lipinski definition) is 3. The van der Waals surface area contributed by atoms with Gasteiger partial charge >= 0.3 is 0 Å². The molecule has 1 saturated heterocycles. The minimum atomic E-state index is 0.197. The monoisotopic (exact) mass is 287 g/mol. The Morgan fingerprint density at radius 1 is 1.39 bits per heavy atom. The van der Waals surface area contributed by atoms with E-state index in [0.717, 1.165) is 18.7 Å². The summed E-state index contributed by atoms with van der Waals surface area (Å²) in [5.74, 6) is 0.461. The summed E-state index contributed by atoms with van der Waals surface area (Å²) in [6.45, 7) is 6.17. The van der Waals surface area contributed by atoms with Gasteiger partial charge in [0.2, 0.25) is 0 Å². The molecule has 100 valence electrons. The van der Waals surface area contributed by atoms with E-state index in [9.17, 15) is 0 Å². The van der Waals surface area contributed by atoms with Crippen LogP contribution < -0.4 is 16.2 Å². The first-order valence-corrected chi connectivity index (χ1v) is 7.01. The van der Waals surface area contributed by atoms with E-state index in [0.29, 0.717) is 22.0 Å². The van der Waals surface area contributed by atoms with Crippen molar-refractivity contribution in [2.24, 2.45) is 5.92 Å². The Kier molecular flexibility index (Phi) is 4.87. The molecular weight excluding hydrogens is 269 g/mol. The second kappa shape index (κ2) is 6.22. The van der Waals surface area contributed by atoms with Gasteiger partial charge in [0.25, 0.3) is 0 Å². The lowest BCUT2D eigenvalue weighted by Gasteiger charge is -2.21. The molecule has 3 N–H and O–H groups in total. The Labute approximate surface area is 118 Å². The van der Waals surface area contributed by atoms with Gasteiger partial charge in [-0.1, -0.05) is 49.2 Å². The van der Waals surface area contributed by atoms with Crippen molar-refractivity contribution in [3.05, 3.63) is 33.8 Å². The summed E-state index contributed by atoms with van der Waals surface area (Å²) >= 11 is 12.4. The van der Waals surface area contributed by atoms with E-state index in [-0.39, 0.29) is 6.04 Å². The quantitative estimate of drug-likeness (QED) is 0.797. The molecule has 2 rings (SSSR count). The molecule has 5 heteroatoms. The van der Waals surface area contributed by atoms with E-state index in [2.05, 4.69) is 30.0 Å². The third-order valence-electron chi connectivity index (χ3n) is 3.20. The third-order valence-corrected chi connectivity index (χ3v) is 4.03. The zero-order valence-electron chi connectivity index (χ0n) is 10.6. The Balaban J connectivity index is 2.13. The van der Waals surface area contributed by atoms with Gasteiger partial charge in [-0.3, -0.25) is 5.43 Å². The summed E-state index contributed by atoms with van der Waals surface area (Å²) in [4.78, 5) is 0. The van der Waals surface area contributed by atoms with E-state index in [4.69, 9.17) is 23.2 Å². The molecule has 0 spiro atoms. The molecule has 0 amide bonds. The van der Waals surface area contributed by atoms with E-state index in [1.807, 2.05) is 18.2 Å². The summed E-state index contributed by atoms with van der Waals surface area (Å²) in [5, 5.41) is 4.72. The molecule has 0 radical (unpaired) electrons. The van der Waals surface area contributed by atoms with Crippen molar-refractivity contribution in [1.82, 2.24) is 16.2 Å². The molecule has 0 aliphatic carbocycles. The fraction of sp³-hybridized carbons (Fsp3) is 0.538. The Morgan fingerprint density at radius 2 is 2.17 bits per heavy atom. The first kappa shape index (κ1) is 14.1. The lowest BCUT2D eigenvalue weighted by atomic mass is 9.94. The number of hydrogen-bond acceptors (Lipinski definition) is 3. The minimum absolute atomic E-state index is 0.197. The minimum Gasteiger partial charge on any atom is -0.314 e. The molecule has 1 aromatic carbocycles. The highest BCUT2D eigenvalue weighted by atomic mass is 35.5. The van der Waals surface area contributed by atoms with Crippen LogP contribution in [0.15, 0.2) is 18.2 Å². The molecule has 1 aliphatic rings. The Bertz CT molecular complexity index is 409. The maximum atomic E-state index is 6.28. The Morgan fingerprint density at radius 3 is 2.89 bits per heavy atom. The number of rotatable bonds is 4. The molecule has 1 heterocycles. The maximum Gasteiger partial charge on any atom is 0.0640 e. The van der Waals surface area contributed by atoms with Crippen molar-refractivity contribution in [3.63, 3.8) is 0 Å². The number of halogens is 2. The first-order valence-electron chi connectivity index (χ1n) is 6.25. The summed E-state index contributed by atoms with van der Waals surface area (Å²) in [7, 11) is 0. The van der Waals surface area contributed by atoms with Gasteiger partial charge < -0.3 is 5.32 Å². The van der Waals surface area contributed by atoms with Crippen molar-refractivity contribution < 1.29 is 0 Å². The van der Waals surface area contributed by atoms with Gasteiger partial charge in [0.15, 0.2) is 0 Å². The van der Waals surface area contributed by atoms with Crippen LogP contribution >= 0.6 is 23.2 Å². The molecule has 2 unspecified atom stereocenters. The molecule has 0 saturated carbocycles. The lowest BCUT2D eigenvalue weighted by Crippen LogP contribution is -2.32. The van der Waals surface area contributed by atoms with Gasteiger partial charge in [0.1, 0.15) is 0 Å². The molecular formula is C13H19Cl2N3. The number of benzene rings is 1. The van der Waals surface area contributed by atoms with E-state index >= 15 is 0 Å². The van der Waals surface area contributed by atoms with Crippen molar-refractivity contribution in [1.29, 1.82) is 0 Å². The molecule has 0 aromatic heterocycles. The van der Waals surface area contributed by atoms with Crippen LogP contribution in [-0.4, -0.2) is 19.1 Å². The van der Waals surface area contributed by atoms with Crippen LogP contribution in [0.2, 0.25) is 10.0 Å². The molecule has 18 heavy (non-hydrogen) atoms. The molecule has 0 bridgehead atoms. The Hall–Kier alpha value is -0.320. The number of hydrazine groups is 1. The fourth-order valence-electron chi connectivity index (χ4n) is 2.21. The number of nitrogens with one attached hydrogen (secondary N) is 3. The van der Waals surface area contributed by atoms with Crippen LogP contribution in [0, 0.1) is 5.92 Å². The smallest absolute Gasteiger partial charge is 0.0640 e. The summed E-state index contributed by atoms with van der Waals surface area (Å²) in [6, 6.07) is 6.47. The van der Waals surface area contributed by atoms with Crippen LogP contribution in [0.5, 0.6) is 0 Å². The van der Waals surface area contributed by atoms with Crippen LogP contribution in [0.3, 0.4) is 0 Å². The predicted molar refractivity (Wildman–Crippen MR) is 77.0 cm³/mol. The van der Waals surface area contributed by atoms with Gasteiger partial charge in [-0.25, -0.2) is 5.43 Å². The summed E-state index contributed by atoms with van der Waals surface area (Å²) in [6.07, 6.45) is 0. The SMILES string of the molecule is CC(C)NCC1CNNC1c1cccc(Cl)c1Cl. The first-order chi connectivity index (χ1) is 8.59. The van der Waals surface area contributed by atoms with Crippen molar-refractivity contribution in [2.75, 3.05) is 13.1 Å². The second-order valence-electron chi connectivity index (χ2n) is 4.97. The molecule has 2 atom stereocenters. The van der Waals surface area contributed by atoms with Crippen LogP contribution in [0.25, 0.3) is 0 Å². The summed E-state index contributed by atoms with van der Waals surface area (Å²) < 4.78 is 0. The molecule has 3 nitrogen and oxygen atoms in total. The average molecular weight is 288 g/mol. The topological polar surface area (TPSA) is 36.1 Å². The van der Waals surface area contributed by atoms with Gasteiger partial charge in [-0.15, -0.1) is 0 Å². The van der Waals surface area contributed by atoms with Crippen molar-refractivity contribution in [2.45, 2.75) is 25.9 Å². The maximum absolute atomic E-state index is 6.28. The van der Waals surface area contributed by atoms with Crippen LogP contribution in [0.1, 0.15) is 25.5 Å². The lowest BCUT2D eigenvalue weighted by molar-refractivity contribution is 0.423. The zero-order valence-corrected chi connectivity index (χ0v) is 12.1. The van der Waals surface area contributed by atoms with Crippen LogP contribution in [0.4, 0.5) is 0 Å². The van der Waals surface area contributed by atoms with Crippen molar-refractivity contribution in [3.8, 4) is 0 Å². The highest BCUT2D eigenvalue weighted by molar-refractivity contribution is 6.42. The summed E-state index contributed by atoms with van der Waals surface area (Å²) in [5.41, 5.74) is 7.54. The normalized spacial score (nSPS) is 23.8. The van der Waals surface area contributed by atoms with E-state index < -0.39 is 0 Å². The predicted octanol–water partition coefficient (Wildman–Crippen LogP) is 2.76. The molecule has 1 fully saturated rings.